The van der Waals surface area contributed by atoms with E-state index in [0.29, 0.717) is 36.3 Å². The summed E-state index contributed by atoms with van der Waals surface area (Å²) in [5.74, 6) is 1.09. The highest BCUT2D eigenvalue weighted by Gasteiger charge is 2.41. The fraction of sp³-hybridized carbons (Fsp3) is 0.500. The van der Waals surface area contributed by atoms with Gasteiger partial charge in [0.15, 0.2) is 0 Å². The molecule has 9 nitrogen and oxygen atoms in total. The first kappa shape index (κ1) is 21.3. The van der Waals surface area contributed by atoms with Crippen molar-refractivity contribution >= 4 is 22.5 Å². The van der Waals surface area contributed by atoms with E-state index < -0.39 is 0 Å². The number of fused-ring (bicyclic) bond motifs is 2. The van der Waals surface area contributed by atoms with Crippen LogP contribution in [-0.2, 0) is 11.3 Å². The fourth-order valence-corrected chi connectivity index (χ4v) is 5.17. The third-order valence-electron chi connectivity index (χ3n) is 7.20. The number of rotatable bonds is 7. The zero-order valence-corrected chi connectivity index (χ0v) is 19.2. The summed E-state index contributed by atoms with van der Waals surface area (Å²) >= 11 is 0. The van der Waals surface area contributed by atoms with Gasteiger partial charge in [-0.3, -0.25) is 4.39 Å². The van der Waals surface area contributed by atoms with Crippen molar-refractivity contribution in [3.8, 4) is 17.0 Å². The average molecular weight is 466 g/mol. The van der Waals surface area contributed by atoms with Crippen molar-refractivity contribution in [1.29, 1.82) is 0 Å². The summed E-state index contributed by atoms with van der Waals surface area (Å²) in [4.78, 5) is 4.69. The van der Waals surface area contributed by atoms with Crippen LogP contribution in [0.4, 0.5) is 10.3 Å². The maximum Gasteiger partial charge on any atom is 0.244 e. The molecule has 4 aromatic rings. The van der Waals surface area contributed by atoms with Crippen LogP contribution < -0.4 is 10.1 Å². The Morgan fingerprint density at radius 2 is 2.09 bits per heavy atom. The molecule has 1 spiro atoms. The van der Waals surface area contributed by atoms with E-state index in [9.17, 15) is 4.39 Å². The predicted molar refractivity (Wildman–Crippen MR) is 126 cm³/mol. The summed E-state index contributed by atoms with van der Waals surface area (Å²) in [6, 6.07) is 8.31. The van der Waals surface area contributed by atoms with Crippen molar-refractivity contribution in [2.75, 3.05) is 32.3 Å². The first-order valence-electron chi connectivity index (χ1n) is 11.9. The maximum atomic E-state index is 12.7. The number of ether oxygens (including phenoxy) is 2. The van der Waals surface area contributed by atoms with Crippen LogP contribution in [0.5, 0.6) is 5.88 Å². The molecular formula is C24H28FN7O2. The molecule has 1 N–H and O–H groups in total. The minimum Gasteiger partial charge on any atom is -0.479 e. The molecule has 0 radical (unpaired) electrons. The van der Waals surface area contributed by atoms with Crippen molar-refractivity contribution in [3.63, 3.8) is 0 Å². The standard InChI is InChI=1S/C24H28FN7O2/c1-33-22-21-18(16-3-4-19-20(13-16)31(30-28-19)11-2-10-25)7-12-32(21)29-23(27-22)26-17-5-8-24(9-6-17)14-34-15-24/h3-4,7,12-13,17H,2,5-6,8-11,14-15H2,1H3,(H,26,29). The normalized spacial score (nSPS) is 17.9. The van der Waals surface area contributed by atoms with E-state index in [1.54, 1.807) is 11.8 Å². The number of nitrogens with one attached hydrogen (secondary N) is 1. The quantitative estimate of drug-likeness (QED) is 0.443. The molecule has 10 heteroatoms. The van der Waals surface area contributed by atoms with E-state index in [-0.39, 0.29) is 6.67 Å². The molecule has 6 rings (SSSR count). The Morgan fingerprint density at radius 3 is 2.82 bits per heavy atom. The molecule has 3 aromatic heterocycles. The molecule has 2 aliphatic rings. The summed E-state index contributed by atoms with van der Waals surface area (Å²) in [6.45, 7) is 1.91. The second kappa shape index (κ2) is 8.50. The van der Waals surface area contributed by atoms with Crippen LogP contribution in [0.15, 0.2) is 30.5 Å². The number of methoxy groups -OCH3 is 1. The molecule has 1 aliphatic carbocycles. The molecule has 0 unspecified atom stereocenters. The molecule has 1 saturated carbocycles. The molecule has 34 heavy (non-hydrogen) atoms. The van der Waals surface area contributed by atoms with E-state index in [2.05, 4.69) is 15.6 Å². The Kier molecular flexibility index (Phi) is 5.32. The molecule has 178 valence electrons. The SMILES string of the molecule is COc1nc(NC2CCC3(CC2)COC3)nn2ccc(-c3ccc4nnn(CCCF)c4c3)c12. The van der Waals surface area contributed by atoms with Gasteiger partial charge in [0.1, 0.15) is 11.0 Å². The second-order valence-corrected chi connectivity index (χ2v) is 9.44. The monoisotopic (exact) mass is 465 g/mol. The van der Waals surface area contributed by atoms with Gasteiger partial charge in [0, 0.05) is 29.8 Å². The summed E-state index contributed by atoms with van der Waals surface area (Å²) in [5.41, 5.74) is 4.78. The Balaban J connectivity index is 1.29. The zero-order valence-electron chi connectivity index (χ0n) is 19.2. The molecule has 1 saturated heterocycles. The smallest absolute Gasteiger partial charge is 0.244 e. The molecule has 0 amide bonds. The summed E-state index contributed by atoms with van der Waals surface area (Å²) in [5, 5.41) is 16.6. The molecular weight excluding hydrogens is 437 g/mol. The first-order chi connectivity index (χ1) is 16.7. The summed E-state index contributed by atoms with van der Waals surface area (Å²) in [7, 11) is 1.63. The lowest BCUT2D eigenvalue weighted by Crippen LogP contribution is -2.47. The van der Waals surface area contributed by atoms with E-state index in [1.807, 2.05) is 35.0 Å². The molecule has 1 aromatic carbocycles. The number of hydrogen-bond acceptors (Lipinski definition) is 7. The predicted octanol–water partition coefficient (Wildman–Crippen LogP) is 3.88. The van der Waals surface area contributed by atoms with E-state index in [4.69, 9.17) is 19.6 Å². The molecule has 0 bridgehead atoms. The van der Waals surface area contributed by atoms with Gasteiger partial charge < -0.3 is 14.8 Å². The van der Waals surface area contributed by atoms with Crippen molar-refractivity contribution in [2.24, 2.45) is 5.41 Å². The fourth-order valence-electron chi connectivity index (χ4n) is 5.17. The number of halogens is 1. The number of aryl methyl sites for hydroxylation is 1. The van der Waals surface area contributed by atoms with Crippen molar-refractivity contribution in [1.82, 2.24) is 29.6 Å². The van der Waals surface area contributed by atoms with Gasteiger partial charge in [-0.15, -0.1) is 10.2 Å². The van der Waals surface area contributed by atoms with E-state index >= 15 is 0 Å². The van der Waals surface area contributed by atoms with Crippen LogP contribution >= 0.6 is 0 Å². The number of hydrogen-bond donors (Lipinski definition) is 1. The van der Waals surface area contributed by atoms with E-state index in [1.165, 1.54) is 12.8 Å². The van der Waals surface area contributed by atoms with Gasteiger partial charge in [-0.25, -0.2) is 9.20 Å². The van der Waals surface area contributed by atoms with Crippen molar-refractivity contribution in [2.45, 2.75) is 44.7 Å². The lowest BCUT2D eigenvalue weighted by molar-refractivity contribution is -0.131. The highest BCUT2D eigenvalue weighted by atomic mass is 19.1. The van der Waals surface area contributed by atoms with Crippen LogP contribution in [0.1, 0.15) is 32.1 Å². The van der Waals surface area contributed by atoms with Crippen LogP contribution in [0.25, 0.3) is 27.7 Å². The number of benzene rings is 1. The summed E-state index contributed by atoms with van der Waals surface area (Å²) in [6.07, 6.45) is 6.87. The minimum absolute atomic E-state index is 0.350. The van der Waals surface area contributed by atoms with Gasteiger partial charge in [-0.2, -0.15) is 4.98 Å². The van der Waals surface area contributed by atoms with Gasteiger partial charge in [0.05, 0.1) is 32.5 Å². The van der Waals surface area contributed by atoms with Crippen molar-refractivity contribution in [3.05, 3.63) is 30.5 Å². The molecule has 0 atom stereocenters. The van der Waals surface area contributed by atoms with Crippen molar-refractivity contribution < 1.29 is 13.9 Å². The first-order valence-corrected chi connectivity index (χ1v) is 11.9. The number of nitrogens with zero attached hydrogens (tertiary/aromatic N) is 6. The van der Waals surface area contributed by atoms with Gasteiger partial charge in [-0.1, -0.05) is 11.3 Å². The van der Waals surface area contributed by atoms with Gasteiger partial charge in [0.25, 0.3) is 0 Å². The average Bonchev–Trinajstić information content (AvgIpc) is 3.45. The topological polar surface area (TPSA) is 91.4 Å². The molecule has 2 fully saturated rings. The highest BCUT2D eigenvalue weighted by molar-refractivity contribution is 5.89. The Morgan fingerprint density at radius 1 is 1.24 bits per heavy atom. The number of anilines is 1. The van der Waals surface area contributed by atoms with E-state index in [0.717, 1.165) is 53.7 Å². The second-order valence-electron chi connectivity index (χ2n) is 9.44. The van der Waals surface area contributed by atoms with Gasteiger partial charge in [0.2, 0.25) is 11.8 Å². The Labute approximate surface area is 196 Å². The molecule has 1 aliphatic heterocycles. The molecule has 4 heterocycles. The van der Waals surface area contributed by atoms with Crippen LogP contribution in [0, 0.1) is 5.41 Å². The third kappa shape index (κ3) is 3.66. The van der Waals surface area contributed by atoms with Gasteiger partial charge >= 0.3 is 0 Å². The lowest BCUT2D eigenvalue weighted by atomic mass is 9.71. The van der Waals surface area contributed by atoms with Crippen LogP contribution in [0.2, 0.25) is 0 Å². The maximum absolute atomic E-state index is 12.7. The van der Waals surface area contributed by atoms with Crippen LogP contribution in [0.3, 0.4) is 0 Å². The number of alkyl halides is 1. The third-order valence-corrected chi connectivity index (χ3v) is 7.20. The van der Waals surface area contributed by atoms with Gasteiger partial charge in [-0.05, 0) is 55.9 Å². The van der Waals surface area contributed by atoms with Crippen LogP contribution in [-0.4, -0.2) is 62.6 Å². The zero-order chi connectivity index (χ0) is 23.1. The lowest BCUT2D eigenvalue weighted by Gasteiger charge is -2.46. The Bertz CT molecular complexity index is 1320. The highest BCUT2D eigenvalue weighted by Crippen LogP contribution is 2.42. The minimum atomic E-state index is -0.383. The largest absolute Gasteiger partial charge is 0.479 e. The number of aromatic nitrogens is 6. The Hall–Kier alpha value is -3.27. The summed E-state index contributed by atoms with van der Waals surface area (Å²) < 4.78 is 27.4.